The Morgan fingerprint density at radius 2 is 1.28 bits per heavy atom. The second-order valence-corrected chi connectivity index (χ2v) is 26.6. The standard InChI is InChI=1S/C75H87F7N8O8/c1-83(35-14-6-9-25-67(91)85(3)43-44-87-38-30-61(31-39-87)90(71(95)96)65-24-13-11-22-63(65)53-17-7-5-8-18-53)62-21-15-20-55(47-62)69(93)86(4)37-16-36-84(2)68(92)50-97-66-48-54-19-10-12-23-64(54)72(66)32-40-88(41-33-72)42-34-73(57-26-28-60(76)29-27-57)51-89(52-98-73)70(94)56-45-58(74(77,78)79)49-59(46-56)75(80,81)82/h5,7-8,10-13,15,17-24,26-29,45-47,49,61,66H,6,9,14,16,25,30-44,48,50-52H2,1-4H3,(H,95,96)/t66-,73+/m0/s1. The number of carbonyl (C=O) groups is 5. The van der Waals surface area contributed by atoms with E-state index in [2.05, 4.69) is 26.8 Å². The van der Waals surface area contributed by atoms with E-state index < -0.39 is 64.6 Å². The highest BCUT2D eigenvalue weighted by Crippen LogP contribution is 2.49. The molecule has 0 bridgehead atoms. The molecule has 16 nitrogen and oxygen atoms in total. The Kier molecular flexibility index (Phi) is 23.4. The van der Waals surface area contributed by atoms with Gasteiger partial charge < -0.3 is 48.9 Å². The Hall–Kier alpha value is -8.38. The van der Waals surface area contributed by atoms with Gasteiger partial charge in [-0.1, -0.05) is 97.4 Å². The van der Waals surface area contributed by atoms with E-state index in [0.717, 1.165) is 71.7 Å². The summed E-state index contributed by atoms with van der Waals surface area (Å²) in [5, 5.41) is 10.4. The van der Waals surface area contributed by atoms with Gasteiger partial charge in [0.1, 0.15) is 24.8 Å². The maximum Gasteiger partial charge on any atom is 0.416 e. The van der Waals surface area contributed by atoms with E-state index in [-0.39, 0.29) is 55.5 Å². The first-order chi connectivity index (χ1) is 46.8. The first kappa shape index (κ1) is 72.4. The van der Waals surface area contributed by atoms with Crippen molar-refractivity contribution in [3.63, 3.8) is 0 Å². The van der Waals surface area contributed by atoms with Crippen LogP contribution in [0.2, 0.25) is 0 Å². The van der Waals surface area contributed by atoms with E-state index in [1.54, 1.807) is 34.9 Å². The molecule has 1 aliphatic carbocycles. The molecule has 4 aliphatic rings. The first-order valence-corrected chi connectivity index (χ1v) is 33.7. The number of amides is 5. The van der Waals surface area contributed by atoms with Crippen molar-refractivity contribution in [2.24, 2.45) is 0 Å². The predicted molar refractivity (Wildman–Crippen MR) is 360 cm³/mol. The number of rotatable bonds is 26. The Balaban J connectivity index is 0.633. The van der Waals surface area contributed by atoms with E-state index in [1.165, 1.54) is 29.2 Å². The van der Waals surface area contributed by atoms with Crippen molar-refractivity contribution in [1.82, 2.24) is 29.4 Å². The molecule has 3 fully saturated rings. The fourth-order valence-electron chi connectivity index (χ4n) is 14.4. The Morgan fingerprint density at radius 1 is 0.633 bits per heavy atom. The number of likely N-dealkylation sites (tertiary alicyclic amines) is 2. The summed E-state index contributed by atoms with van der Waals surface area (Å²) in [4.78, 5) is 81.4. The summed E-state index contributed by atoms with van der Waals surface area (Å²) in [6.45, 7) is 5.14. The zero-order chi connectivity index (χ0) is 69.9. The van der Waals surface area contributed by atoms with Crippen LogP contribution < -0.4 is 9.80 Å². The number of para-hydroxylation sites is 1. The van der Waals surface area contributed by atoms with Gasteiger partial charge in [-0.2, -0.15) is 26.3 Å². The largest absolute Gasteiger partial charge is 0.465 e. The van der Waals surface area contributed by atoms with Crippen LogP contribution in [0, 0.1) is 5.82 Å². The molecule has 6 aromatic rings. The predicted octanol–water partition coefficient (Wildman–Crippen LogP) is 12.9. The van der Waals surface area contributed by atoms with E-state index in [0.29, 0.717) is 120 Å². The highest BCUT2D eigenvalue weighted by molar-refractivity contribution is 5.96. The second kappa shape index (κ2) is 31.6. The summed E-state index contributed by atoms with van der Waals surface area (Å²) in [7, 11) is 7.30. The highest BCUT2D eigenvalue weighted by Gasteiger charge is 2.50. The number of hydrogen-bond donors (Lipinski definition) is 1. The first-order valence-electron chi connectivity index (χ1n) is 33.7. The topological polar surface area (TPSA) is 150 Å². The monoisotopic (exact) mass is 1360 g/mol. The third-order valence-electron chi connectivity index (χ3n) is 20.2. The van der Waals surface area contributed by atoms with Crippen molar-refractivity contribution in [2.45, 2.75) is 106 Å². The summed E-state index contributed by atoms with van der Waals surface area (Å²) in [5.41, 5.74) is 1.08. The van der Waals surface area contributed by atoms with Gasteiger partial charge in [0.2, 0.25) is 11.8 Å². The number of carbonyl (C=O) groups excluding carboxylic acids is 4. The van der Waals surface area contributed by atoms with Gasteiger partial charge in [0.05, 0.1) is 29.5 Å². The zero-order valence-electron chi connectivity index (χ0n) is 56.0. The van der Waals surface area contributed by atoms with Crippen molar-refractivity contribution < 1.29 is 69.3 Å². The number of ether oxygens (including phenoxy) is 2. The average molecular weight is 1360 g/mol. The molecular weight excluding hydrogens is 1270 g/mol. The van der Waals surface area contributed by atoms with Crippen molar-refractivity contribution in [1.29, 1.82) is 0 Å². The third-order valence-corrected chi connectivity index (χ3v) is 20.2. The molecule has 5 amide bonds. The summed E-state index contributed by atoms with van der Waals surface area (Å²) in [6.07, 6.45) is -4.54. The minimum atomic E-state index is -5.15. The lowest BCUT2D eigenvalue weighted by Gasteiger charge is -2.44. The number of fused-ring (bicyclic) bond motifs is 2. The average Bonchev–Trinajstić information content (AvgIpc) is 1.62. The molecule has 0 aromatic heterocycles. The van der Waals surface area contributed by atoms with Gasteiger partial charge >= 0.3 is 18.4 Å². The Morgan fingerprint density at radius 3 is 1.97 bits per heavy atom. The Bertz CT molecular complexity index is 3700. The van der Waals surface area contributed by atoms with E-state index >= 15 is 0 Å². The van der Waals surface area contributed by atoms with Crippen LogP contribution in [0.3, 0.4) is 0 Å². The van der Waals surface area contributed by atoms with Crippen LogP contribution in [-0.2, 0) is 48.9 Å². The Labute approximate surface area is 568 Å². The molecule has 1 N–H and O–H groups in total. The molecule has 0 unspecified atom stereocenters. The molecule has 524 valence electrons. The van der Waals surface area contributed by atoms with Gasteiger partial charge in [0.25, 0.3) is 11.8 Å². The van der Waals surface area contributed by atoms with Gasteiger partial charge in [0, 0.05) is 121 Å². The minimum Gasteiger partial charge on any atom is -0.465 e. The van der Waals surface area contributed by atoms with Crippen LogP contribution in [0.15, 0.2) is 146 Å². The SMILES string of the molecule is CN(CCN1CCC(N(C(=O)O)c2ccccc2-c2ccccc2)CC1)C(=O)CCCCCN(C)c1cccc(C(=O)N(C)CCCN(C)C(=O)CO[C@H]2Cc3ccccc3C23CCN(CC[C@]2(c4ccc(F)cc4)CN(C(=O)c4cc(C(F)(F)F)cc(C(F)(F)F)c4)CO2)CC3)c1. The lowest BCUT2D eigenvalue weighted by atomic mass is 9.72. The van der Waals surface area contributed by atoms with Crippen LogP contribution in [0.1, 0.15) is 113 Å². The smallest absolute Gasteiger partial charge is 0.416 e. The van der Waals surface area contributed by atoms with Gasteiger partial charge in [-0.3, -0.25) is 24.1 Å². The van der Waals surface area contributed by atoms with Gasteiger partial charge in [-0.05, 0) is 148 Å². The normalized spacial score (nSPS) is 18.2. The maximum atomic E-state index is 14.3. The van der Waals surface area contributed by atoms with Crippen molar-refractivity contribution in [3.8, 4) is 11.1 Å². The number of piperidine rings is 2. The summed E-state index contributed by atoms with van der Waals surface area (Å²) in [6, 6.07) is 39.2. The quantitative estimate of drug-likeness (QED) is 0.0408. The summed E-state index contributed by atoms with van der Waals surface area (Å²) >= 11 is 0. The number of alkyl halides is 6. The number of anilines is 2. The van der Waals surface area contributed by atoms with Crippen molar-refractivity contribution in [3.05, 3.63) is 190 Å². The van der Waals surface area contributed by atoms with Crippen LogP contribution in [-0.4, -0.2) is 190 Å². The number of halogens is 7. The van der Waals surface area contributed by atoms with Crippen LogP contribution in [0.5, 0.6) is 0 Å². The molecule has 3 aliphatic heterocycles. The van der Waals surface area contributed by atoms with E-state index in [1.807, 2.05) is 99.0 Å². The molecule has 1 spiro atoms. The van der Waals surface area contributed by atoms with Crippen LogP contribution >= 0.6 is 0 Å². The third kappa shape index (κ3) is 17.4. The molecule has 3 saturated heterocycles. The molecule has 23 heteroatoms. The molecule has 10 rings (SSSR count). The number of hydrogen-bond acceptors (Lipinski definition) is 10. The molecule has 0 saturated carbocycles. The summed E-state index contributed by atoms with van der Waals surface area (Å²) in [5.74, 6) is -1.85. The molecule has 0 radical (unpaired) electrons. The maximum absolute atomic E-state index is 14.3. The fourth-order valence-corrected chi connectivity index (χ4v) is 14.4. The second-order valence-electron chi connectivity index (χ2n) is 26.6. The van der Waals surface area contributed by atoms with Gasteiger partial charge in [0.15, 0.2) is 0 Å². The molecule has 3 heterocycles. The van der Waals surface area contributed by atoms with E-state index in [9.17, 15) is 59.8 Å². The lowest BCUT2D eigenvalue weighted by molar-refractivity contribution is -0.143. The number of nitrogens with zero attached hydrogens (tertiary/aromatic N) is 8. The number of carboxylic acid groups (broad SMARTS) is 1. The number of unbranched alkanes of at least 4 members (excludes halogenated alkanes) is 2. The van der Waals surface area contributed by atoms with Crippen LogP contribution in [0.25, 0.3) is 11.1 Å². The van der Waals surface area contributed by atoms with Gasteiger partial charge in [-0.15, -0.1) is 0 Å². The minimum absolute atomic E-state index is 0.0289. The van der Waals surface area contributed by atoms with Crippen molar-refractivity contribution in [2.75, 3.05) is 123 Å². The molecule has 98 heavy (non-hydrogen) atoms. The summed E-state index contributed by atoms with van der Waals surface area (Å²) < 4.78 is 110. The lowest BCUT2D eigenvalue weighted by Crippen LogP contribution is -2.50. The van der Waals surface area contributed by atoms with Gasteiger partial charge in [-0.25, -0.2) is 9.18 Å². The molecular formula is C75H87F7N8O8. The van der Waals surface area contributed by atoms with Crippen molar-refractivity contribution >= 4 is 41.1 Å². The van der Waals surface area contributed by atoms with Crippen LogP contribution in [0.4, 0.5) is 46.9 Å². The highest BCUT2D eigenvalue weighted by atomic mass is 19.4. The zero-order valence-corrected chi connectivity index (χ0v) is 56.0. The molecule has 6 aromatic carbocycles. The van der Waals surface area contributed by atoms with E-state index in [4.69, 9.17) is 9.47 Å². The number of benzene rings is 6. The molecule has 2 atom stereocenters. The number of likely N-dealkylation sites (N-methyl/N-ethyl adjacent to an activating group) is 2. The fraction of sp³-hybridized carbons (Fsp3) is 0.453.